The Labute approximate surface area is 152 Å². The van der Waals surface area contributed by atoms with Crippen molar-refractivity contribution < 1.29 is 9.53 Å². The van der Waals surface area contributed by atoms with Crippen molar-refractivity contribution in [3.05, 3.63) is 58.3 Å². The largest absolute Gasteiger partial charge is 0.479 e. The molecular weight excluding hydrogens is 332 g/mol. The Morgan fingerprint density at radius 3 is 2.68 bits per heavy atom. The minimum Gasteiger partial charge on any atom is -0.479 e. The van der Waals surface area contributed by atoms with E-state index in [4.69, 9.17) is 10.00 Å². The number of benzene rings is 1. The van der Waals surface area contributed by atoms with Gasteiger partial charge in [0.05, 0.1) is 6.04 Å². The lowest BCUT2D eigenvalue weighted by molar-refractivity contribution is -0.117. The number of nitrogens with one attached hydrogen (secondary N) is 1. The van der Waals surface area contributed by atoms with E-state index in [9.17, 15) is 4.79 Å². The maximum Gasteiger partial charge on any atom is 0.244 e. The van der Waals surface area contributed by atoms with E-state index < -0.39 is 0 Å². The first-order valence-electron chi connectivity index (χ1n) is 8.20. The second kappa shape index (κ2) is 9.65. The number of amides is 1. The number of ether oxygens (including phenoxy) is 1. The Morgan fingerprint density at radius 2 is 2.08 bits per heavy atom. The normalized spacial score (nSPS) is 12.1. The highest BCUT2D eigenvalue weighted by atomic mass is 32.1. The summed E-state index contributed by atoms with van der Waals surface area (Å²) in [5, 5.41) is 13.6. The quantitative estimate of drug-likeness (QED) is 0.707. The maximum absolute atomic E-state index is 12.3. The molecule has 0 fully saturated rings. The number of rotatable bonds is 8. The predicted molar refractivity (Wildman–Crippen MR) is 101 cm³/mol. The standard InChI is InChI=1S/C20H22N2O2S/c1-15(2)14-18(19-4-3-13-25-19)22-20(23)10-7-16-5-8-17(9-6-16)24-12-11-21/h3-10,13,15,18H,12,14H2,1-2H3,(H,22,23). The van der Waals surface area contributed by atoms with Crippen molar-refractivity contribution in [3.63, 3.8) is 0 Å². The molecule has 2 rings (SSSR count). The number of nitrogens with zero attached hydrogens (tertiary/aromatic N) is 1. The summed E-state index contributed by atoms with van der Waals surface area (Å²) in [4.78, 5) is 13.4. The molecule has 0 radical (unpaired) electrons. The lowest BCUT2D eigenvalue weighted by atomic mass is 10.0. The van der Waals surface area contributed by atoms with Crippen LogP contribution in [0.5, 0.6) is 5.75 Å². The molecule has 1 heterocycles. The number of carbonyl (C=O) groups excluding carboxylic acids is 1. The molecule has 1 amide bonds. The van der Waals surface area contributed by atoms with Gasteiger partial charge < -0.3 is 10.1 Å². The van der Waals surface area contributed by atoms with E-state index in [2.05, 4.69) is 25.2 Å². The van der Waals surface area contributed by atoms with E-state index in [0.717, 1.165) is 12.0 Å². The zero-order valence-corrected chi connectivity index (χ0v) is 15.3. The highest BCUT2D eigenvalue weighted by Gasteiger charge is 2.15. The minimum atomic E-state index is -0.108. The van der Waals surface area contributed by atoms with E-state index >= 15 is 0 Å². The Hall–Kier alpha value is -2.58. The molecule has 1 aromatic heterocycles. The van der Waals surface area contributed by atoms with Gasteiger partial charge in [0.2, 0.25) is 5.91 Å². The SMILES string of the molecule is CC(C)CC(NC(=O)C=Cc1ccc(OCC#N)cc1)c1cccs1. The van der Waals surface area contributed by atoms with Crippen LogP contribution in [0.4, 0.5) is 0 Å². The molecule has 0 spiro atoms. The molecule has 2 aromatic rings. The third-order valence-corrected chi connectivity index (χ3v) is 4.51. The van der Waals surface area contributed by atoms with Crippen molar-refractivity contribution in [1.82, 2.24) is 5.32 Å². The summed E-state index contributed by atoms with van der Waals surface area (Å²) in [6.45, 7) is 4.33. The molecule has 1 aromatic carbocycles. The summed E-state index contributed by atoms with van der Waals surface area (Å²) in [6.07, 6.45) is 4.22. The fourth-order valence-corrected chi connectivity index (χ4v) is 3.18. The molecule has 0 saturated carbocycles. The number of hydrogen-bond donors (Lipinski definition) is 1. The first-order chi connectivity index (χ1) is 12.1. The zero-order chi connectivity index (χ0) is 18.1. The van der Waals surface area contributed by atoms with Gasteiger partial charge in [-0.3, -0.25) is 4.79 Å². The second-order valence-corrected chi connectivity index (χ2v) is 7.03. The van der Waals surface area contributed by atoms with Crippen LogP contribution in [0.3, 0.4) is 0 Å². The first-order valence-corrected chi connectivity index (χ1v) is 9.08. The van der Waals surface area contributed by atoms with Gasteiger partial charge in [0, 0.05) is 11.0 Å². The van der Waals surface area contributed by atoms with E-state index in [-0.39, 0.29) is 18.6 Å². The molecular formula is C20H22N2O2S. The van der Waals surface area contributed by atoms with Crippen LogP contribution in [0.1, 0.15) is 36.8 Å². The van der Waals surface area contributed by atoms with Crippen molar-refractivity contribution in [3.8, 4) is 11.8 Å². The topological polar surface area (TPSA) is 62.1 Å². The van der Waals surface area contributed by atoms with Crippen molar-refractivity contribution in [2.45, 2.75) is 26.3 Å². The molecule has 0 saturated heterocycles. The van der Waals surface area contributed by atoms with Crippen molar-refractivity contribution in [2.24, 2.45) is 5.92 Å². The number of nitriles is 1. The molecule has 0 aliphatic rings. The van der Waals surface area contributed by atoms with E-state index in [0.29, 0.717) is 11.7 Å². The predicted octanol–water partition coefficient (Wildman–Crippen LogP) is 4.57. The third kappa shape index (κ3) is 6.44. The average molecular weight is 354 g/mol. The van der Waals surface area contributed by atoms with Gasteiger partial charge in [0.15, 0.2) is 6.61 Å². The minimum absolute atomic E-state index is 0.0253. The average Bonchev–Trinajstić information content (AvgIpc) is 3.12. The summed E-state index contributed by atoms with van der Waals surface area (Å²) in [5.41, 5.74) is 0.899. The van der Waals surface area contributed by atoms with Crippen LogP contribution in [-0.2, 0) is 4.79 Å². The smallest absolute Gasteiger partial charge is 0.244 e. The number of thiophene rings is 1. The lowest BCUT2D eigenvalue weighted by Crippen LogP contribution is -2.27. The van der Waals surface area contributed by atoms with E-state index in [1.165, 1.54) is 4.88 Å². The van der Waals surface area contributed by atoms with Crippen LogP contribution in [0.25, 0.3) is 6.08 Å². The maximum atomic E-state index is 12.3. The van der Waals surface area contributed by atoms with Crippen LogP contribution in [-0.4, -0.2) is 12.5 Å². The third-order valence-electron chi connectivity index (χ3n) is 3.52. The number of carbonyl (C=O) groups is 1. The van der Waals surface area contributed by atoms with Crippen molar-refractivity contribution in [2.75, 3.05) is 6.61 Å². The Bertz CT molecular complexity index is 728. The summed E-state index contributed by atoms with van der Waals surface area (Å²) in [5.74, 6) is 1.03. The Balaban J connectivity index is 1.95. The highest BCUT2D eigenvalue weighted by molar-refractivity contribution is 7.10. The molecule has 0 aliphatic carbocycles. The Kier molecular flexibility index (Phi) is 7.24. The van der Waals surface area contributed by atoms with Gasteiger partial charge in [-0.15, -0.1) is 11.3 Å². The second-order valence-electron chi connectivity index (χ2n) is 6.06. The monoisotopic (exact) mass is 354 g/mol. The van der Waals surface area contributed by atoms with E-state index in [1.54, 1.807) is 35.6 Å². The van der Waals surface area contributed by atoms with E-state index in [1.807, 2.05) is 29.6 Å². The zero-order valence-electron chi connectivity index (χ0n) is 14.4. The molecule has 0 bridgehead atoms. The summed E-state index contributed by atoms with van der Waals surface area (Å²) in [6, 6.07) is 13.3. The molecule has 5 heteroatoms. The molecule has 130 valence electrons. The molecule has 25 heavy (non-hydrogen) atoms. The summed E-state index contributed by atoms with van der Waals surface area (Å²) in [7, 11) is 0. The van der Waals surface area contributed by atoms with Crippen LogP contribution in [0.2, 0.25) is 0 Å². The summed E-state index contributed by atoms with van der Waals surface area (Å²) < 4.78 is 5.20. The fourth-order valence-electron chi connectivity index (χ4n) is 2.39. The molecule has 4 nitrogen and oxygen atoms in total. The highest BCUT2D eigenvalue weighted by Crippen LogP contribution is 2.25. The van der Waals surface area contributed by atoms with Crippen LogP contribution in [0.15, 0.2) is 47.9 Å². The van der Waals surface area contributed by atoms with Gasteiger partial charge in [-0.2, -0.15) is 5.26 Å². The van der Waals surface area contributed by atoms with Crippen LogP contribution in [0, 0.1) is 17.2 Å². The van der Waals surface area contributed by atoms with Gasteiger partial charge in [0.1, 0.15) is 11.8 Å². The van der Waals surface area contributed by atoms with Crippen molar-refractivity contribution >= 4 is 23.3 Å². The summed E-state index contributed by atoms with van der Waals surface area (Å²) >= 11 is 1.66. The molecule has 1 N–H and O–H groups in total. The Morgan fingerprint density at radius 1 is 1.32 bits per heavy atom. The van der Waals surface area contributed by atoms with Gasteiger partial charge >= 0.3 is 0 Å². The fraction of sp³-hybridized carbons (Fsp3) is 0.300. The van der Waals surface area contributed by atoms with Gasteiger partial charge in [0.25, 0.3) is 0 Å². The lowest BCUT2D eigenvalue weighted by Gasteiger charge is -2.18. The number of hydrogen-bond acceptors (Lipinski definition) is 4. The van der Waals surface area contributed by atoms with Gasteiger partial charge in [-0.1, -0.05) is 32.0 Å². The first kappa shape index (κ1) is 18.8. The van der Waals surface area contributed by atoms with Crippen molar-refractivity contribution in [1.29, 1.82) is 5.26 Å². The molecule has 1 atom stereocenters. The molecule has 1 unspecified atom stereocenters. The molecule has 0 aliphatic heterocycles. The van der Waals surface area contributed by atoms with Gasteiger partial charge in [-0.05, 0) is 47.6 Å². The van der Waals surface area contributed by atoms with Crippen LogP contribution < -0.4 is 10.1 Å². The van der Waals surface area contributed by atoms with Gasteiger partial charge in [-0.25, -0.2) is 0 Å². The van der Waals surface area contributed by atoms with Crippen LogP contribution >= 0.6 is 11.3 Å².